The Bertz CT molecular complexity index is 681. The molecule has 1 unspecified atom stereocenters. The lowest BCUT2D eigenvalue weighted by molar-refractivity contribution is 0.523. The van der Waals surface area contributed by atoms with E-state index in [1.54, 1.807) is 11.3 Å². The van der Waals surface area contributed by atoms with Crippen molar-refractivity contribution >= 4 is 32.1 Å². The van der Waals surface area contributed by atoms with Gasteiger partial charge in [0.15, 0.2) is 0 Å². The van der Waals surface area contributed by atoms with E-state index in [1.165, 1.54) is 20.0 Å². The first-order valence-electron chi connectivity index (χ1n) is 6.67. The molecule has 0 aliphatic rings. The lowest BCUT2D eigenvalue weighted by Gasteiger charge is -2.14. The molecule has 0 bridgehead atoms. The zero-order valence-corrected chi connectivity index (χ0v) is 13.2. The summed E-state index contributed by atoms with van der Waals surface area (Å²) in [5.74, 6) is 5.77. The van der Waals surface area contributed by atoms with Crippen LogP contribution in [0.15, 0.2) is 23.6 Å². The third-order valence-corrected chi connectivity index (χ3v) is 5.61. The Labute approximate surface area is 126 Å². The van der Waals surface area contributed by atoms with Gasteiger partial charge < -0.3 is 0 Å². The highest BCUT2D eigenvalue weighted by atomic mass is 32.1. The molecule has 0 fully saturated rings. The summed E-state index contributed by atoms with van der Waals surface area (Å²) in [7, 11) is 0. The van der Waals surface area contributed by atoms with E-state index in [0.29, 0.717) is 0 Å². The average Bonchev–Trinajstić information content (AvgIpc) is 3.09. The molecule has 3 N–H and O–H groups in total. The minimum absolute atomic E-state index is 0.140. The first kappa shape index (κ1) is 13.8. The van der Waals surface area contributed by atoms with Crippen molar-refractivity contribution in [2.24, 2.45) is 5.84 Å². The molecule has 4 nitrogen and oxygen atoms in total. The van der Waals surface area contributed by atoms with Crippen LogP contribution < -0.4 is 11.3 Å². The summed E-state index contributed by atoms with van der Waals surface area (Å²) < 4.78 is 4.73. The van der Waals surface area contributed by atoms with Crippen LogP contribution in [0.1, 0.15) is 29.2 Å². The van der Waals surface area contributed by atoms with Gasteiger partial charge in [-0.1, -0.05) is 0 Å². The minimum atomic E-state index is 0.140. The molecule has 0 saturated heterocycles. The molecule has 106 valence electrons. The van der Waals surface area contributed by atoms with Crippen LogP contribution in [0.5, 0.6) is 0 Å². The van der Waals surface area contributed by atoms with Gasteiger partial charge in [0.05, 0.1) is 11.7 Å². The molecule has 1 atom stereocenters. The number of rotatable bonds is 5. The topological polar surface area (TPSA) is 55.9 Å². The first-order chi connectivity index (χ1) is 9.71. The molecule has 0 spiro atoms. The second kappa shape index (κ2) is 5.65. The van der Waals surface area contributed by atoms with Crippen LogP contribution in [0, 0.1) is 6.92 Å². The molecule has 3 rings (SSSR count). The van der Waals surface area contributed by atoms with Gasteiger partial charge in [0.2, 0.25) is 0 Å². The molecular formula is C14H18N4S2. The highest BCUT2D eigenvalue weighted by molar-refractivity contribution is 7.26. The normalized spacial score (nSPS) is 13.2. The third-order valence-electron chi connectivity index (χ3n) is 3.40. The highest BCUT2D eigenvalue weighted by Gasteiger charge is 2.17. The second-order valence-corrected chi connectivity index (χ2v) is 6.88. The Hall–Kier alpha value is -1.21. The maximum atomic E-state index is 5.77. The number of nitrogens with one attached hydrogen (secondary N) is 1. The van der Waals surface area contributed by atoms with E-state index in [1.807, 2.05) is 18.3 Å². The zero-order valence-electron chi connectivity index (χ0n) is 11.6. The molecular weight excluding hydrogens is 288 g/mol. The van der Waals surface area contributed by atoms with Crippen molar-refractivity contribution in [1.82, 2.24) is 15.2 Å². The minimum Gasteiger partial charge on any atom is -0.271 e. The van der Waals surface area contributed by atoms with Crippen LogP contribution in [-0.2, 0) is 13.0 Å². The van der Waals surface area contributed by atoms with E-state index in [2.05, 4.69) is 45.7 Å². The van der Waals surface area contributed by atoms with Crippen LogP contribution in [0.25, 0.3) is 9.40 Å². The van der Waals surface area contributed by atoms with E-state index in [-0.39, 0.29) is 6.04 Å². The van der Waals surface area contributed by atoms with Crippen molar-refractivity contribution in [2.75, 3.05) is 0 Å². The maximum Gasteiger partial charge on any atom is 0.0609 e. The SMILES string of the molecule is CCn1nc(C)cc1CC(NN)c1cc2sccc2s1. The molecule has 3 aromatic heterocycles. The number of fused-ring (bicyclic) bond motifs is 1. The molecule has 20 heavy (non-hydrogen) atoms. The van der Waals surface area contributed by atoms with Gasteiger partial charge in [-0.25, -0.2) is 0 Å². The number of aryl methyl sites for hydroxylation is 2. The van der Waals surface area contributed by atoms with E-state index < -0.39 is 0 Å². The molecule has 0 radical (unpaired) electrons. The third kappa shape index (κ3) is 2.52. The Balaban J connectivity index is 1.88. The zero-order chi connectivity index (χ0) is 14.1. The monoisotopic (exact) mass is 306 g/mol. The van der Waals surface area contributed by atoms with Crippen LogP contribution >= 0.6 is 22.7 Å². The largest absolute Gasteiger partial charge is 0.271 e. The molecule has 0 aromatic carbocycles. The molecule has 3 aromatic rings. The molecule has 0 amide bonds. The first-order valence-corrected chi connectivity index (χ1v) is 8.37. The molecule has 0 aliphatic heterocycles. The fourth-order valence-corrected chi connectivity index (χ4v) is 4.62. The quantitative estimate of drug-likeness (QED) is 0.562. The summed E-state index contributed by atoms with van der Waals surface area (Å²) in [4.78, 5) is 1.29. The maximum absolute atomic E-state index is 5.77. The number of aromatic nitrogens is 2. The van der Waals surface area contributed by atoms with Crippen LogP contribution in [0.2, 0.25) is 0 Å². The smallest absolute Gasteiger partial charge is 0.0609 e. The van der Waals surface area contributed by atoms with E-state index >= 15 is 0 Å². The molecule has 6 heteroatoms. The Kier molecular flexibility index (Phi) is 3.89. The number of nitrogens with two attached hydrogens (primary N) is 1. The van der Waals surface area contributed by atoms with Gasteiger partial charge in [-0.05, 0) is 37.4 Å². The van der Waals surface area contributed by atoms with Gasteiger partial charge in [-0.15, -0.1) is 22.7 Å². The number of nitrogens with zero attached hydrogens (tertiary/aromatic N) is 2. The van der Waals surface area contributed by atoms with Crippen molar-refractivity contribution in [1.29, 1.82) is 0 Å². The van der Waals surface area contributed by atoms with Crippen LogP contribution in [-0.4, -0.2) is 9.78 Å². The Morgan fingerprint density at radius 1 is 1.40 bits per heavy atom. The summed E-state index contributed by atoms with van der Waals surface area (Å²) in [6.07, 6.45) is 0.860. The predicted molar refractivity (Wildman–Crippen MR) is 86.1 cm³/mol. The van der Waals surface area contributed by atoms with Crippen LogP contribution in [0.3, 0.4) is 0 Å². The lowest BCUT2D eigenvalue weighted by Crippen LogP contribution is -2.29. The Morgan fingerprint density at radius 2 is 2.25 bits per heavy atom. The standard InChI is InChI=1S/C14H18N4S2/c1-3-18-10(6-9(2)17-18)7-11(16-15)13-8-14-12(20-13)4-5-19-14/h4-6,8,11,16H,3,7,15H2,1-2H3. The van der Waals surface area contributed by atoms with Gasteiger partial charge in [-0.3, -0.25) is 16.0 Å². The van der Waals surface area contributed by atoms with Crippen molar-refractivity contribution in [3.8, 4) is 0 Å². The van der Waals surface area contributed by atoms with Crippen LogP contribution in [0.4, 0.5) is 0 Å². The van der Waals surface area contributed by atoms with Crippen molar-refractivity contribution in [3.63, 3.8) is 0 Å². The molecule has 0 aliphatic carbocycles. The summed E-state index contributed by atoms with van der Waals surface area (Å²) in [6, 6.07) is 6.70. The van der Waals surface area contributed by atoms with Crippen molar-refractivity contribution < 1.29 is 0 Å². The number of hydrogen-bond acceptors (Lipinski definition) is 5. The highest BCUT2D eigenvalue weighted by Crippen LogP contribution is 2.34. The molecule has 3 heterocycles. The van der Waals surface area contributed by atoms with Gasteiger partial charge in [0.25, 0.3) is 0 Å². The lowest BCUT2D eigenvalue weighted by atomic mass is 10.1. The average molecular weight is 306 g/mol. The number of hydrazine groups is 1. The fourth-order valence-electron chi connectivity index (χ4n) is 2.44. The predicted octanol–water partition coefficient (Wildman–Crippen LogP) is 3.23. The summed E-state index contributed by atoms with van der Waals surface area (Å²) in [5.41, 5.74) is 5.24. The molecule has 0 saturated carbocycles. The van der Waals surface area contributed by atoms with E-state index in [4.69, 9.17) is 5.84 Å². The van der Waals surface area contributed by atoms with Gasteiger partial charge >= 0.3 is 0 Å². The fraction of sp³-hybridized carbons (Fsp3) is 0.357. The summed E-state index contributed by atoms with van der Waals surface area (Å²) in [5, 5.41) is 6.63. The van der Waals surface area contributed by atoms with Gasteiger partial charge in [0.1, 0.15) is 0 Å². The second-order valence-electron chi connectivity index (χ2n) is 4.81. The number of thiophene rings is 2. The van der Waals surface area contributed by atoms with E-state index in [0.717, 1.165) is 18.7 Å². The Morgan fingerprint density at radius 3 is 2.95 bits per heavy atom. The van der Waals surface area contributed by atoms with Gasteiger partial charge in [-0.2, -0.15) is 5.10 Å². The van der Waals surface area contributed by atoms with Crippen molar-refractivity contribution in [2.45, 2.75) is 32.9 Å². The van der Waals surface area contributed by atoms with Gasteiger partial charge in [0, 0.05) is 32.9 Å². The van der Waals surface area contributed by atoms with E-state index in [9.17, 15) is 0 Å². The van der Waals surface area contributed by atoms with Crippen molar-refractivity contribution in [3.05, 3.63) is 39.8 Å². The summed E-state index contributed by atoms with van der Waals surface area (Å²) in [6.45, 7) is 5.03. The summed E-state index contributed by atoms with van der Waals surface area (Å²) >= 11 is 3.59. The number of hydrogen-bond donors (Lipinski definition) is 2.